The molecule has 8 heteroatoms. The summed E-state index contributed by atoms with van der Waals surface area (Å²) in [6, 6.07) is 8.60. The Balaban J connectivity index is 0.00000196. The predicted molar refractivity (Wildman–Crippen MR) is 100.0 cm³/mol. The molecule has 3 aromatic rings. The Morgan fingerprint density at radius 3 is 2.73 bits per heavy atom. The third-order valence-corrected chi connectivity index (χ3v) is 4.61. The zero-order valence-corrected chi connectivity index (χ0v) is 15.4. The van der Waals surface area contributed by atoms with Gasteiger partial charge in [-0.05, 0) is 30.3 Å². The van der Waals surface area contributed by atoms with Crippen LogP contribution in [0.5, 0.6) is 0 Å². The fraction of sp³-hybridized carbons (Fsp3) is 0.333. The largest absolute Gasteiger partial charge is 0.337 e. The monoisotopic (exact) mass is 376 g/mol. The van der Waals surface area contributed by atoms with Gasteiger partial charge in [0.1, 0.15) is 11.6 Å². The van der Waals surface area contributed by atoms with Crippen molar-refractivity contribution in [1.82, 2.24) is 29.5 Å². The summed E-state index contributed by atoms with van der Waals surface area (Å²) in [6.45, 7) is 3.54. The van der Waals surface area contributed by atoms with Crippen LogP contribution < -0.4 is 5.32 Å². The van der Waals surface area contributed by atoms with E-state index in [1.165, 1.54) is 12.1 Å². The molecule has 0 amide bonds. The maximum Gasteiger partial charge on any atom is 0.127 e. The molecule has 26 heavy (non-hydrogen) atoms. The molecule has 0 saturated carbocycles. The fourth-order valence-electron chi connectivity index (χ4n) is 3.28. The summed E-state index contributed by atoms with van der Waals surface area (Å²) in [7, 11) is 2.03. The van der Waals surface area contributed by atoms with E-state index in [1.807, 2.05) is 31.7 Å². The van der Waals surface area contributed by atoms with Crippen molar-refractivity contribution in [1.29, 1.82) is 0 Å². The van der Waals surface area contributed by atoms with Crippen LogP contribution in [-0.2, 0) is 13.6 Å². The number of piperazine rings is 1. The Hall–Kier alpha value is -2.22. The van der Waals surface area contributed by atoms with Crippen LogP contribution in [0.1, 0.15) is 17.6 Å². The van der Waals surface area contributed by atoms with Crippen LogP contribution in [-0.4, -0.2) is 43.9 Å². The van der Waals surface area contributed by atoms with Gasteiger partial charge in [-0.3, -0.25) is 4.90 Å². The lowest BCUT2D eigenvalue weighted by atomic mass is 10.1. The second kappa shape index (κ2) is 7.99. The van der Waals surface area contributed by atoms with Crippen molar-refractivity contribution < 1.29 is 4.39 Å². The van der Waals surface area contributed by atoms with Crippen LogP contribution in [0.4, 0.5) is 4.39 Å². The van der Waals surface area contributed by atoms with Crippen LogP contribution in [0.2, 0.25) is 0 Å². The Kier molecular flexibility index (Phi) is 5.70. The third-order valence-electron chi connectivity index (χ3n) is 4.61. The van der Waals surface area contributed by atoms with Gasteiger partial charge in [-0.15, -0.1) is 12.4 Å². The molecule has 138 valence electrons. The van der Waals surface area contributed by atoms with Gasteiger partial charge in [0, 0.05) is 51.8 Å². The second-order valence-electron chi connectivity index (χ2n) is 6.31. The number of hydrogen-bond donors (Lipinski definition) is 1. The molecule has 1 saturated heterocycles. The number of imidazole rings is 1. The van der Waals surface area contributed by atoms with E-state index in [4.69, 9.17) is 0 Å². The number of benzene rings is 1. The third kappa shape index (κ3) is 3.80. The summed E-state index contributed by atoms with van der Waals surface area (Å²) in [6.07, 6.45) is 5.73. The molecule has 6 nitrogen and oxygen atoms in total. The topological polar surface area (TPSA) is 50.9 Å². The second-order valence-corrected chi connectivity index (χ2v) is 6.31. The summed E-state index contributed by atoms with van der Waals surface area (Å²) in [4.78, 5) is 6.91. The molecule has 0 bridgehead atoms. The van der Waals surface area contributed by atoms with E-state index < -0.39 is 0 Å². The van der Waals surface area contributed by atoms with Gasteiger partial charge in [-0.2, -0.15) is 5.10 Å². The summed E-state index contributed by atoms with van der Waals surface area (Å²) in [5.74, 6) is 0.819. The smallest absolute Gasteiger partial charge is 0.127 e. The highest BCUT2D eigenvalue weighted by Gasteiger charge is 2.27. The number of nitrogens with zero attached hydrogens (tertiary/aromatic N) is 5. The molecular weight excluding hydrogens is 355 g/mol. The lowest BCUT2D eigenvalue weighted by Gasteiger charge is -2.35. The van der Waals surface area contributed by atoms with Crippen LogP contribution in [0.3, 0.4) is 0 Å². The minimum atomic E-state index is -0.241. The standard InChI is InChI=1S/C18H21FN6.ClH/c1-23-10-8-21-18(23)17-12-20-7-11-24(17)13-15-6-9-25(22-15)16-4-2-14(19)3-5-16;/h2-6,8-10,17,20H,7,11-13H2,1H3;1H. The molecule has 1 unspecified atom stereocenters. The number of nitrogens with one attached hydrogen (secondary N) is 1. The van der Waals surface area contributed by atoms with Crippen LogP contribution in [0.25, 0.3) is 5.69 Å². The molecule has 1 N–H and O–H groups in total. The molecule has 4 rings (SSSR count). The minimum absolute atomic E-state index is 0. The normalized spacial score (nSPS) is 17.8. The lowest BCUT2D eigenvalue weighted by molar-refractivity contribution is 0.143. The number of aromatic nitrogens is 4. The number of halogens is 2. The van der Waals surface area contributed by atoms with Crippen molar-refractivity contribution >= 4 is 12.4 Å². The summed E-state index contributed by atoms with van der Waals surface area (Å²) in [5, 5.41) is 8.09. The SMILES string of the molecule is Cl.Cn1ccnc1C1CNCCN1Cc1ccn(-c2ccc(F)cc2)n1. The van der Waals surface area contributed by atoms with Crippen molar-refractivity contribution in [3.8, 4) is 5.69 Å². The maximum absolute atomic E-state index is 13.1. The highest BCUT2D eigenvalue weighted by Crippen LogP contribution is 2.22. The fourth-order valence-corrected chi connectivity index (χ4v) is 3.28. The van der Waals surface area contributed by atoms with Gasteiger partial charge in [0.05, 0.1) is 17.4 Å². The highest BCUT2D eigenvalue weighted by molar-refractivity contribution is 5.85. The van der Waals surface area contributed by atoms with Crippen molar-refractivity contribution in [2.45, 2.75) is 12.6 Å². The maximum atomic E-state index is 13.1. The Bertz CT molecular complexity index is 844. The van der Waals surface area contributed by atoms with Gasteiger partial charge in [0.15, 0.2) is 0 Å². The van der Waals surface area contributed by atoms with E-state index in [9.17, 15) is 4.39 Å². The molecule has 1 atom stereocenters. The van der Waals surface area contributed by atoms with Crippen LogP contribution >= 0.6 is 12.4 Å². The van der Waals surface area contributed by atoms with Crippen LogP contribution in [0.15, 0.2) is 48.9 Å². The van der Waals surface area contributed by atoms with E-state index in [0.717, 1.165) is 43.4 Å². The van der Waals surface area contributed by atoms with Gasteiger partial charge < -0.3 is 9.88 Å². The molecule has 1 aromatic carbocycles. The van der Waals surface area contributed by atoms with E-state index in [2.05, 4.69) is 24.9 Å². The first-order valence-corrected chi connectivity index (χ1v) is 8.43. The minimum Gasteiger partial charge on any atom is -0.337 e. The lowest BCUT2D eigenvalue weighted by Crippen LogP contribution is -2.46. The van der Waals surface area contributed by atoms with Crippen molar-refractivity contribution in [3.63, 3.8) is 0 Å². The summed E-state index contributed by atoms with van der Waals surface area (Å²) < 4.78 is 16.9. The van der Waals surface area contributed by atoms with Gasteiger partial charge in [-0.1, -0.05) is 0 Å². The molecule has 1 aliphatic rings. The first kappa shape index (κ1) is 18.6. The van der Waals surface area contributed by atoms with E-state index in [0.29, 0.717) is 0 Å². The highest BCUT2D eigenvalue weighted by atomic mass is 35.5. The molecule has 0 radical (unpaired) electrons. The van der Waals surface area contributed by atoms with Gasteiger partial charge in [0.25, 0.3) is 0 Å². The summed E-state index contributed by atoms with van der Waals surface area (Å²) >= 11 is 0. The van der Waals surface area contributed by atoms with E-state index >= 15 is 0 Å². The van der Waals surface area contributed by atoms with E-state index in [-0.39, 0.29) is 24.3 Å². The molecular formula is C18H22ClFN6. The molecule has 1 aliphatic heterocycles. The average molecular weight is 377 g/mol. The number of rotatable bonds is 4. The zero-order chi connectivity index (χ0) is 17.2. The first-order valence-electron chi connectivity index (χ1n) is 8.43. The van der Waals surface area contributed by atoms with E-state index in [1.54, 1.807) is 16.8 Å². The van der Waals surface area contributed by atoms with Gasteiger partial charge in [0.2, 0.25) is 0 Å². The van der Waals surface area contributed by atoms with Gasteiger partial charge >= 0.3 is 0 Å². The Morgan fingerprint density at radius 1 is 1.19 bits per heavy atom. The number of hydrogen-bond acceptors (Lipinski definition) is 4. The Morgan fingerprint density at radius 2 is 2.00 bits per heavy atom. The molecule has 0 spiro atoms. The van der Waals surface area contributed by atoms with Gasteiger partial charge in [-0.25, -0.2) is 14.1 Å². The Labute approximate surface area is 158 Å². The average Bonchev–Trinajstić information content (AvgIpc) is 3.25. The molecule has 1 fully saturated rings. The summed E-state index contributed by atoms with van der Waals surface area (Å²) in [5.41, 5.74) is 1.85. The predicted octanol–water partition coefficient (Wildman–Crippen LogP) is 2.31. The first-order chi connectivity index (χ1) is 12.2. The van der Waals surface area contributed by atoms with Crippen molar-refractivity contribution in [2.24, 2.45) is 7.05 Å². The molecule has 2 aromatic heterocycles. The molecule has 0 aliphatic carbocycles. The zero-order valence-electron chi connectivity index (χ0n) is 14.5. The number of aryl methyl sites for hydroxylation is 1. The van der Waals surface area contributed by atoms with Crippen molar-refractivity contribution in [3.05, 3.63) is 66.3 Å². The van der Waals surface area contributed by atoms with Crippen molar-refractivity contribution in [2.75, 3.05) is 19.6 Å². The van der Waals surface area contributed by atoms with Crippen LogP contribution in [0, 0.1) is 5.82 Å². The quantitative estimate of drug-likeness (QED) is 0.759. The molecule has 3 heterocycles.